The Kier molecular flexibility index (Phi) is 7.21. The van der Waals surface area contributed by atoms with E-state index in [9.17, 15) is 0 Å². The van der Waals surface area contributed by atoms with Gasteiger partial charge in [0.25, 0.3) is 0 Å². The average Bonchev–Trinajstić information content (AvgIpc) is 3.63. The van der Waals surface area contributed by atoms with Crippen molar-refractivity contribution in [3.63, 3.8) is 0 Å². The molecule has 0 fully saturated rings. The maximum absolute atomic E-state index is 3.88. The lowest BCUT2D eigenvalue weighted by molar-refractivity contribution is 0.661. The van der Waals surface area contributed by atoms with Gasteiger partial charge in [0.1, 0.15) is 0 Å². The van der Waals surface area contributed by atoms with Gasteiger partial charge in [-0.1, -0.05) is 147 Å². The molecule has 0 bridgehead atoms. The molecule has 49 heavy (non-hydrogen) atoms. The normalized spacial score (nSPS) is 13.6. The number of hydrogen-bond acceptors (Lipinski definition) is 2. The minimum Gasteiger partial charge on any atom is -0.381 e. The van der Waals surface area contributed by atoms with Crippen molar-refractivity contribution in [1.29, 1.82) is 0 Å². The first-order valence-electron chi connectivity index (χ1n) is 17.2. The third-order valence-electron chi connectivity index (χ3n) is 10.4. The van der Waals surface area contributed by atoms with Crippen LogP contribution in [0.2, 0.25) is 0 Å². The molecule has 0 radical (unpaired) electrons. The molecule has 2 heteroatoms. The zero-order chi connectivity index (χ0) is 33.0. The average molecular weight is 648 g/mol. The van der Waals surface area contributed by atoms with Crippen LogP contribution in [0.5, 0.6) is 0 Å². The highest BCUT2D eigenvalue weighted by atomic mass is 32.1. The fourth-order valence-corrected chi connectivity index (χ4v) is 8.96. The summed E-state index contributed by atoms with van der Waals surface area (Å²) in [6, 6.07) is 55.8. The van der Waals surface area contributed by atoms with Crippen LogP contribution in [0, 0.1) is 0 Å². The van der Waals surface area contributed by atoms with Crippen molar-refractivity contribution in [2.45, 2.75) is 32.2 Å². The second-order valence-electron chi connectivity index (χ2n) is 13.7. The topological polar surface area (TPSA) is 12.0 Å². The molecule has 9 rings (SSSR count). The van der Waals surface area contributed by atoms with Gasteiger partial charge in [-0.3, -0.25) is 0 Å². The first kappa shape index (κ1) is 29.7. The van der Waals surface area contributed by atoms with Gasteiger partial charge in [0.2, 0.25) is 0 Å². The fraction of sp³-hybridized carbons (Fsp3) is 0.106. The van der Waals surface area contributed by atoms with Crippen molar-refractivity contribution in [1.82, 2.24) is 5.32 Å². The van der Waals surface area contributed by atoms with Gasteiger partial charge in [0, 0.05) is 43.4 Å². The predicted octanol–water partition coefficient (Wildman–Crippen LogP) is 12.6. The van der Waals surface area contributed by atoms with Crippen LogP contribution < -0.4 is 5.32 Å². The van der Waals surface area contributed by atoms with Crippen molar-refractivity contribution < 1.29 is 0 Å². The molecular weight excluding hydrogens is 611 g/mol. The Bertz CT molecular complexity index is 2530. The summed E-state index contributed by atoms with van der Waals surface area (Å²) in [6.07, 6.45) is 3.23. The lowest BCUT2D eigenvalue weighted by Crippen LogP contribution is -2.16. The smallest absolute Gasteiger partial charge is 0.0400 e. The molecule has 0 saturated carbocycles. The Morgan fingerprint density at radius 2 is 1.33 bits per heavy atom. The largest absolute Gasteiger partial charge is 0.381 e. The highest BCUT2D eigenvalue weighted by Gasteiger charge is 2.37. The van der Waals surface area contributed by atoms with Gasteiger partial charge in [0.15, 0.2) is 0 Å². The van der Waals surface area contributed by atoms with Crippen LogP contribution in [0.15, 0.2) is 158 Å². The number of fused-ring (bicyclic) bond motifs is 7. The van der Waals surface area contributed by atoms with E-state index >= 15 is 0 Å². The quantitative estimate of drug-likeness (QED) is 0.181. The number of benzene rings is 7. The molecule has 1 aromatic heterocycles. The maximum Gasteiger partial charge on any atom is 0.0400 e. The van der Waals surface area contributed by atoms with Crippen molar-refractivity contribution in [3.05, 3.63) is 186 Å². The summed E-state index contributed by atoms with van der Waals surface area (Å²) in [5.41, 5.74) is 13.0. The van der Waals surface area contributed by atoms with E-state index < -0.39 is 0 Å². The molecule has 1 N–H and O–H groups in total. The van der Waals surface area contributed by atoms with Gasteiger partial charge in [0.05, 0.1) is 0 Å². The number of allylic oxidation sites excluding steroid dienone is 1. The Morgan fingerprint density at radius 3 is 2.16 bits per heavy atom. The van der Waals surface area contributed by atoms with Crippen LogP contribution in [0.3, 0.4) is 0 Å². The molecule has 1 heterocycles. The minimum atomic E-state index is -0.0816. The molecule has 0 saturated heterocycles. The molecule has 0 aliphatic heterocycles. The first-order valence-corrected chi connectivity index (χ1v) is 18.0. The molecular formula is C47H37NS. The van der Waals surface area contributed by atoms with E-state index in [0.717, 1.165) is 13.0 Å². The Morgan fingerprint density at radius 1 is 0.612 bits per heavy atom. The highest BCUT2D eigenvalue weighted by Crippen LogP contribution is 2.52. The first-order chi connectivity index (χ1) is 24.0. The van der Waals surface area contributed by atoms with Gasteiger partial charge in [-0.15, -0.1) is 11.3 Å². The number of rotatable bonds is 7. The summed E-state index contributed by atoms with van der Waals surface area (Å²) in [5, 5.41) is 9.17. The Hall–Kier alpha value is -5.44. The van der Waals surface area contributed by atoms with Crippen molar-refractivity contribution in [2.75, 3.05) is 0 Å². The summed E-state index contributed by atoms with van der Waals surface area (Å²) >= 11 is 1.88. The molecule has 0 amide bonds. The van der Waals surface area contributed by atoms with Gasteiger partial charge in [-0.2, -0.15) is 0 Å². The summed E-state index contributed by atoms with van der Waals surface area (Å²) in [5.74, 6) is 0. The van der Waals surface area contributed by atoms with Crippen LogP contribution in [-0.4, -0.2) is 0 Å². The standard InChI is InChI=1S/C47H37NS/c1-47(2)40-19-10-18-37(45(40)39-28-34-14-6-7-15-35(34)29-41(39)47)42(48-30-32-12-4-3-5-13-32)27-24-31-22-25-33(26-23-31)36-17-11-21-44-46(36)38-16-8-9-20-43(38)49-44/h3-23,25-29,48H,24,30H2,1-2H3/b42-27-. The lowest BCUT2D eigenvalue weighted by Gasteiger charge is -2.22. The molecule has 1 nitrogen and oxygen atoms in total. The summed E-state index contributed by atoms with van der Waals surface area (Å²) in [7, 11) is 0. The summed E-state index contributed by atoms with van der Waals surface area (Å²) < 4.78 is 2.68. The van der Waals surface area contributed by atoms with E-state index in [2.05, 4.69) is 177 Å². The van der Waals surface area contributed by atoms with E-state index in [0.29, 0.717) is 0 Å². The zero-order valence-electron chi connectivity index (χ0n) is 27.8. The van der Waals surface area contributed by atoms with Gasteiger partial charge >= 0.3 is 0 Å². The molecule has 0 spiro atoms. The molecule has 8 aromatic rings. The number of nitrogens with one attached hydrogen (secondary N) is 1. The summed E-state index contributed by atoms with van der Waals surface area (Å²) in [6.45, 7) is 5.51. The maximum atomic E-state index is 3.88. The second kappa shape index (κ2) is 11.9. The van der Waals surface area contributed by atoms with E-state index in [1.807, 2.05) is 11.3 Å². The monoisotopic (exact) mass is 647 g/mol. The molecule has 0 atom stereocenters. The van der Waals surface area contributed by atoms with Gasteiger partial charge in [-0.25, -0.2) is 0 Å². The van der Waals surface area contributed by atoms with Crippen LogP contribution >= 0.6 is 11.3 Å². The minimum absolute atomic E-state index is 0.0816. The number of hydrogen-bond donors (Lipinski definition) is 1. The SMILES string of the molecule is CC1(C)c2cc3ccccc3cc2-c2c(/C(=C/Cc3ccc(-c4cccc5sc6ccccc6c45)cc3)NCc3ccccc3)cccc21. The third-order valence-corrected chi connectivity index (χ3v) is 11.5. The van der Waals surface area contributed by atoms with E-state index in [4.69, 9.17) is 0 Å². The fourth-order valence-electron chi connectivity index (χ4n) is 7.82. The van der Waals surface area contributed by atoms with Crippen LogP contribution in [0.4, 0.5) is 0 Å². The predicted molar refractivity (Wildman–Crippen MR) is 211 cm³/mol. The molecule has 1 aliphatic rings. The van der Waals surface area contributed by atoms with E-state index in [-0.39, 0.29) is 5.41 Å². The third kappa shape index (κ3) is 5.15. The van der Waals surface area contributed by atoms with Crippen LogP contribution in [0.1, 0.15) is 41.7 Å². The highest BCUT2D eigenvalue weighted by molar-refractivity contribution is 7.25. The van der Waals surface area contributed by atoms with Gasteiger partial charge < -0.3 is 5.32 Å². The number of thiophene rings is 1. The van der Waals surface area contributed by atoms with Gasteiger partial charge in [-0.05, 0) is 86.0 Å². The Balaban J connectivity index is 1.11. The molecule has 0 unspecified atom stereocenters. The van der Waals surface area contributed by atoms with E-state index in [1.54, 1.807) is 0 Å². The second-order valence-corrected chi connectivity index (χ2v) is 14.8. The van der Waals surface area contributed by atoms with Crippen LogP contribution in [0.25, 0.3) is 58.9 Å². The Labute approximate surface area is 292 Å². The molecule has 236 valence electrons. The van der Waals surface area contributed by atoms with Crippen LogP contribution in [-0.2, 0) is 18.4 Å². The molecule has 1 aliphatic carbocycles. The summed E-state index contributed by atoms with van der Waals surface area (Å²) in [4.78, 5) is 0. The zero-order valence-corrected chi connectivity index (χ0v) is 28.7. The van der Waals surface area contributed by atoms with Crippen molar-refractivity contribution >= 4 is 48.0 Å². The van der Waals surface area contributed by atoms with Crippen molar-refractivity contribution in [2.24, 2.45) is 0 Å². The van der Waals surface area contributed by atoms with Crippen molar-refractivity contribution in [3.8, 4) is 22.3 Å². The lowest BCUT2D eigenvalue weighted by atomic mass is 9.81. The molecule has 7 aromatic carbocycles. The van der Waals surface area contributed by atoms with E-state index in [1.165, 1.54) is 86.7 Å².